The van der Waals surface area contributed by atoms with E-state index in [1.807, 2.05) is 37.3 Å². The summed E-state index contributed by atoms with van der Waals surface area (Å²) in [6, 6.07) is 10.4. The number of amides is 1. The van der Waals surface area contributed by atoms with Crippen LogP contribution in [-0.4, -0.2) is 55.0 Å². The second-order valence-electron chi connectivity index (χ2n) is 6.46. The molecule has 0 aromatic heterocycles. The first-order valence-corrected chi connectivity index (χ1v) is 9.06. The minimum absolute atomic E-state index is 0.0856. The van der Waals surface area contributed by atoms with Crippen molar-refractivity contribution in [1.29, 1.82) is 0 Å². The van der Waals surface area contributed by atoms with E-state index in [4.69, 9.17) is 0 Å². The van der Waals surface area contributed by atoms with Gasteiger partial charge in [-0.3, -0.25) is 9.69 Å². The maximum absolute atomic E-state index is 12.0. The zero-order valence-electron chi connectivity index (χ0n) is 16.2. The first-order valence-electron chi connectivity index (χ1n) is 9.06. The molecule has 6 heteroatoms. The van der Waals surface area contributed by atoms with Crippen LogP contribution in [0, 0.1) is 0 Å². The van der Waals surface area contributed by atoms with Crippen molar-refractivity contribution >= 4 is 17.6 Å². The summed E-state index contributed by atoms with van der Waals surface area (Å²) in [7, 11) is 0. The van der Waals surface area contributed by atoms with E-state index in [0.717, 1.165) is 25.3 Å². The third-order valence-electron chi connectivity index (χ3n) is 3.77. The van der Waals surface area contributed by atoms with Crippen LogP contribution in [-0.2, 0) is 4.79 Å². The number of hydrogen-bond donors (Lipinski definition) is 3. The monoisotopic (exact) mass is 347 g/mol. The average molecular weight is 348 g/mol. The second-order valence-corrected chi connectivity index (χ2v) is 6.46. The van der Waals surface area contributed by atoms with Gasteiger partial charge in [0, 0.05) is 37.4 Å². The summed E-state index contributed by atoms with van der Waals surface area (Å²) in [5.74, 6) is 0.535. The van der Waals surface area contributed by atoms with E-state index in [-0.39, 0.29) is 12.5 Å². The third kappa shape index (κ3) is 8.54. The lowest BCUT2D eigenvalue weighted by Gasteiger charge is -2.30. The fourth-order valence-corrected chi connectivity index (χ4v) is 2.63. The summed E-state index contributed by atoms with van der Waals surface area (Å²) >= 11 is 0. The van der Waals surface area contributed by atoms with Gasteiger partial charge in [-0.05, 0) is 46.8 Å². The van der Waals surface area contributed by atoms with Crippen LogP contribution in [0.15, 0.2) is 35.3 Å². The summed E-state index contributed by atoms with van der Waals surface area (Å²) in [4.78, 5) is 18.8. The van der Waals surface area contributed by atoms with Crippen LogP contribution in [0.3, 0.4) is 0 Å². The molecule has 0 fully saturated rings. The molecule has 0 saturated carbocycles. The summed E-state index contributed by atoms with van der Waals surface area (Å²) in [6.45, 7) is 13.4. The predicted molar refractivity (Wildman–Crippen MR) is 106 cm³/mol. The quantitative estimate of drug-likeness (QED) is 0.474. The number of rotatable bonds is 9. The molecule has 0 spiro atoms. The van der Waals surface area contributed by atoms with Crippen molar-refractivity contribution in [3.8, 4) is 0 Å². The number of carbonyl (C=O) groups is 1. The van der Waals surface area contributed by atoms with Gasteiger partial charge < -0.3 is 16.0 Å². The molecular formula is C19H33N5O. The second kappa shape index (κ2) is 11.5. The Morgan fingerprint density at radius 1 is 1.08 bits per heavy atom. The van der Waals surface area contributed by atoms with Gasteiger partial charge in [0.2, 0.25) is 5.91 Å². The Bertz CT molecular complexity index is 520. The van der Waals surface area contributed by atoms with E-state index in [1.54, 1.807) is 0 Å². The molecule has 6 nitrogen and oxygen atoms in total. The number of nitrogens with zero attached hydrogens (tertiary/aromatic N) is 2. The van der Waals surface area contributed by atoms with Crippen molar-refractivity contribution in [3.05, 3.63) is 30.3 Å². The minimum Gasteiger partial charge on any atom is -0.357 e. The van der Waals surface area contributed by atoms with E-state index in [9.17, 15) is 4.79 Å². The SMILES string of the molecule is CCNC(=NCC(=O)Nc1ccccc1)NCCN(C(C)C)C(C)C. The molecule has 3 N–H and O–H groups in total. The molecule has 0 saturated heterocycles. The van der Waals surface area contributed by atoms with Crippen LogP contribution in [0.2, 0.25) is 0 Å². The number of aliphatic imine (C=N–C) groups is 1. The molecule has 0 unspecified atom stereocenters. The van der Waals surface area contributed by atoms with Gasteiger partial charge in [0.15, 0.2) is 5.96 Å². The van der Waals surface area contributed by atoms with Crippen molar-refractivity contribution in [1.82, 2.24) is 15.5 Å². The van der Waals surface area contributed by atoms with Crippen LogP contribution in [0.1, 0.15) is 34.6 Å². The van der Waals surface area contributed by atoms with Gasteiger partial charge in [-0.1, -0.05) is 18.2 Å². The highest BCUT2D eigenvalue weighted by Crippen LogP contribution is 2.04. The molecule has 1 amide bonds. The number of nitrogens with one attached hydrogen (secondary N) is 3. The normalized spacial score (nSPS) is 11.9. The van der Waals surface area contributed by atoms with Crippen molar-refractivity contribution in [2.75, 3.05) is 31.5 Å². The van der Waals surface area contributed by atoms with E-state index in [1.165, 1.54) is 0 Å². The zero-order chi connectivity index (χ0) is 18.7. The van der Waals surface area contributed by atoms with Crippen LogP contribution in [0.25, 0.3) is 0 Å². The highest BCUT2D eigenvalue weighted by atomic mass is 16.1. The molecule has 0 aliphatic carbocycles. The highest BCUT2D eigenvalue weighted by molar-refractivity contribution is 5.94. The molecule has 0 heterocycles. The fourth-order valence-electron chi connectivity index (χ4n) is 2.63. The van der Waals surface area contributed by atoms with Crippen molar-refractivity contribution in [3.63, 3.8) is 0 Å². The predicted octanol–water partition coefficient (Wildman–Crippen LogP) is 2.30. The average Bonchev–Trinajstić information content (AvgIpc) is 2.56. The first kappa shape index (κ1) is 21.0. The topological polar surface area (TPSA) is 68.8 Å². The van der Waals surface area contributed by atoms with Gasteiger partial charge in [0.25, 0.3) is 0 Å². The Labute approximate surface area is 152 Å². The largest absolute Gasteiger partial charge is 0.357 e. The zero-order valence-corrected chi connectivity index (χ0v) is 16.2. The number of guanidine groups is 1. The summed E-state index contributed by atoms with van der Waals surface area (Å²) in [6.07, 6.45) is 0. The Balaban J connectivity index is 2.49. The van der Waals surface area contributed by atoms with Crippen molar-refractivity contribution in [2.45, 2.75) is 46.7 Å². The molecule has 1 aromatic carbocycles. The molecule has 0 aliphatic heterocycles. The van der Waals surface area contributed by atoms with Gasteiger partial charge in [-0.25, -0.2) is 4.99 Å². The molecule has 0 radical (unpaired) electrons. The van der Waals surface area contributed by atoms with Gasteiger partial charge in [0.1, 0.15) is 6.54 Å². The molecule has 25 heavy (non-hydrogen) atoms. The van der Waals surface area contributed by atoms with E-state index in [2.05, 4.69) is 53.5 Å². The number of anilines is 1. The maximum atomic E-state index is 12.0. The lowest BCUT2D eigenvalue weighted by atomic mass is 10.2. The Morgan fingerprint density at radius 2 is 1.72 bits per heavy atom. The third-order valence-corrected chi connectivity index (χ3v) is 3.77. The van der Waals surface area contributed by atoms with E-state index >= 15 is 0 Å². The molecular weight excluding hydrogens is 314 g/mol. The lowest BCUT2D eigenvalue weighted by Crippen LogP contribution is -2.45. The van der Waals surface area contributed by atoms with Crippen molar-refractivity contribution < 1.29 is 4.79 Å². The van der Waals surface area contributed by atoms with Crippen LogP contribution >= 0.6 is 0 Å². The summed E-state index contributed by atoms with van der Waals surface area (Å²) in [5, 5.41) is 9.31. The van der Waals surface area contributed by atoms with Gasteiger partial charge in [-0.15, -0.1) is 0 Å². The first-order chi connectivity index (χ1) is 11.9. The van der Waals surface area contributed by atoms with E-state index in [0.29, 0.717) is 18.0 Å². The van der Waals surface area contributed by atoms with Crippen LogP contribution < -0.4 is 16.0 Å². The Kier molecular flexibility index (Phi) is 9.62. The highest BCUT2D eigenvalue weighted by Gasteiger charge is 2.12. The van der Waals surface area contributed by atoms with Gasteiger partial charge in [0.05, 0.1) is 0 Å². The van der Waals surface area contributed by atoms with Gasteiger partial charge >= 0.3 is 0 Å². The summed E-state index contributed by atoms with van der Waals surface area (Å²) < 4.78 is 0. The standard InChI is InChI=1S/C19H33N5O/c1-6-20-19(21-12-13-24(15(2)3)16(4)5)22-14-18(25)23-17-10-8-7-9-11-17/h7-11,15-16H,6,12-14H2,1-5H3,(H,23,25)(H2,20,21,22). The molecule has 0 atom stereocenters. The minimum atomic E-state index is -0.130. The van der Waals surface area contributed by atoms with Crippen LogP contribution in [0.5, 0.6) is 0 Å². The molecule has 0 bridgehead atoms. The van der Waals surface area contributed by atoms with Crippen LogP contribution in [0.4, 0.5) is 5.69 Å². The molecule has 1 aromatic rings. The molecule has 0 aliphatic rings. The number of carbonyl (C=O) groups excluding carboxylic acids is 1. The number of hydrogen-bond acceptors (Lipinski definition) is 3. The Hall–Kier alpha value is -2.08. The van der Waals surface area contributed by atoms with Crippen molar-refractivity contribution in [2.24, 2.45) is 4.99 Å². The smallest absolute Gasteiger partial charge is 0.246 e. The number of benzene rings is 1. The van der Waals surface area contributed by atoms with Gasteiger partial charge in [-0.2, -0.15) is 0 Å². The molecule has 1 rings (SSSR count). The fraction of sp³-hybridized carbons (Fsp3) is 0.579. The maximum Gasteiger partial charge on any atom is 0.246 e. The number of para-hydroxylation sites is 1. The van der Waals surface area contributed by atoms with E-state index < -0.39 is 0 Å². The lowest BCUT2D eigenvalue weighted by molar-refractivity contribution is -0.114. The molecule has 140 valence electrons. The summed E-state index contributed by atoms with van der Waals surface area (Å²) in [5.41, 5.74) is 0.783. The Morgan fingerprint density at radius 3 is 2.28 bits per heavy atom.